The third kappa shape index (κ3) is 1.60. The fourth-order valence-corrected chi connectivity index (χ4v) is 0.771. The minimum Gasteiger partial charge on any atom is -0.293 e. The highest BCUT2D eigenvalue weighted by Gasteiger charge is 1.99. The van der Waals surface area contributed by atoms with Gasteiger partial charge in [-0.25, -0.2) is 9.97 Å². The number of aromatic nitrogens is 2. The molecule has 0 radical (unpaired) electrons. The van der Waals surface area contributed by atoms with Gasteiger partial charge in [-0.1, -0.05) is 0 Å². The van der Waals surface area contributed by atoms with Crippen LogP contribution in [0.4, 0.5) is 0 Å². The summed E-state index contributed by atoms with van der Waals surface area (Å²) in [6.45, 7) is -2.65. The smallest absolute Gasteiger partial charge is 0.197 e. The van der Waals surface area contributed by atoms with Gasteiger partial charge in [-0.2, -0.15) is 0 Å². The van der Waals surface area contributed by atoms with E-state index in [0.29, 0.717) is 0 Å². The zero-order valence-electron chi connectivity index (χ0n) is 7.84. The molecule has 0 bridgehead atoms. The molecular weight excluding hydrogens is 196 g/mol. The monoisotopic (exact) mass is 203 g/mol. The van der Waals surface area contributed by atoms with Crippen LogP contribution in [0, 0.1) is 0 Å². The number of halogens is 1. The summed E-state index contributed by atoms with van der Waals surface area (Å²) < 4.78 is 20.8. The molecule has 1 aromatic rings. The second-order valence-electron chi connectivity index (χ2n) is 1.54. The van der Waals surface area contributed by atoms with Crippen LogP contribution in [0.15, 0.2) is 17.0 Å². The van der Waals surface area contributed by atoms with Gasteiger partial charge < -0.3 is 0 Å². The number of nitrogens with zero attached hydrogens (tertiary/aromatic N) is 2. The molecule has 0 atom stereocenters. The number of ketones is 1. The van der Waals surface area contributed by atoms with Crippen LogP contribution in [-0.2, 0) is 0 Å². The SMILES string of the molecule is [2H]C([2H])([2H])C(=O)c1ccnc(Br)n1. The third-order valence-electron chi connectivity index (χ3n) is 0.859. The van der Waals surface area contributed by atoms with Crippen molar-refractivity contribution in [3.8, 4) is 0 Å². The zero-order valence-corrected chi connectivity index (χ0v) is 6.42. The molecule has 0 unspecified atom stereocenters. The summed E-state index contributed by atoms with van der Waals surface area (Å²) in [6.07, 6.45) is 1.32. The highest BCUT2D eigenvalue weighted by Crippen LogP contribution is 2.01. The van der Waals surface area contributed by atoms with Crippen LogP contribution in [0.3, 0.4) is 0 Å². The van der Waals surface area contributed by atoms with Gasteiger partial charge in [0.2, 0.25) is 0 Å². The molecule has 3 nitrogen and oxygen atoms in total. The molecule has 1 heterocycles. The van der Waals surface area contributed by atoms with Crippen LogP contribution in [0.25, 0.3) is 0 Å². The van der Waals surface area contributed by atoms with Gasteiger partial charge in [0.05, 0.1) is 0 Å². The Morgan fingerprint density at radius 2 is 2.70 bits per heavy atom. The van der Waals surface area contributed by atoms with Gasteiger partial charge in [0, 0.05) is 17.2 Å². The zero-order chi connectivity index (χ0) is 10.1. The van der Waals surface area contributed by atoms with Gasteiger partial charge in [0.1, 0.15) is 5.69 Å². The van der Waals surface area contributed by atoms with E-state index in [0.717, 1.165) is 0 Å². The van der Waals surface area contributed by atoms with E-state index in [-0.39, 0.29) is 10.4 Å². The number of rotatable bonds is 1. The molecule has 0 fully saturated rings. The highest BCUT2D eigenvalue weighted by atomic mass is 79.9. The Kier molecular flexibility index (Phi) is 1.20. The van der Waals surface area contributed by atoms with E-state index in [4.69, 9.17) is 4.11 Å². The second kappa shape index (κ2) is 2.88. The first-order valence-corrected chi connectivity index (χ1v) is 3.24. The minimum absolute atomic E-state index is 0.109. The van der Waals surface area contributed by atoms with E-state index in [1.165, 1.54) is 12.3 Å². The maximum absolute atomic E-state index is 11.1. The number of carbonyl (C=O) groups excluding carboxylic acids is 1. The Labute approximate surface area is 70.8 Å². The van der Waals surface area contributed by atoms with E-state index in [1.54, 1.807) is 0 Å². The van der Waals surface area contributed by atoms with Crippen LogP contribution in [0.2, 0.25) is 0 Å². The average Bonchev–Trinajstić information content (AvgIpc) is 2.01. The number of hydrogen-bond acceptors (Lipinski definition) is 3. The lowest BCUT2D eigenvalue weighted by Gasteiger charge is -1.91. The summed E-state index contributed by atoms with van der Waals surface area (Å²) in [6, 6.07) is 1.26. The number of hydrogen-bond donors (Lipinski definition) is 0. The predicted octanol–water partition coefficient (Wildman–Crippen LogP) is 1.44. The lowest BCUT2D eigenvalue weighted by Crippen LogP contribution is -1.96. The van der Waals surface area contributed by atoms with Crippen molar-refractivity contribution in [1.82, 2.24) is 9.97 Å². The van der Waals surface area contributed by atoms with Gasteiger partial charge in [-0.05, 0) is 22.0 Å². The van der Waals surface area contributed by atoms with E-state index >= 15 is 0 Å². The summed E-state index contributed by atoms with van der Waals surface area (Å²) in [4.78, 5) is 18.5. The third-order valence-corrected chi connectivity index (χ3v) is 1.24. The lowest BCUT2D eigenvalue weighted by molar-refractivity contribution is 0.101. The molecule has 1 aromatic heterocycles. The quantitative estimate of drug-likeness (QED) is 0.513. The summed E-state index contributed by atoms with van der Waals surface area (Å²) in [7, 11) is 0. The highest BCUT2D eigenvalue weighted by molar-refractivity contribution is 9.10. The number of Topliss-reactive ketones (excluding diaryl/α,β-unsaturated/α-hetero) is 1. The molecule has 0 aromatic carbocycles. The standard InChI is InChI=1S/C6H5BrN2O/c1-4(10)5-2-3-8-6(7)9-5/h2-3H,1H3/i1D3. The van der Waals surface area contributed by atoms with Crippen LogP contribution < -0.4 is 0 Å². The molecule has 0 aliphatic rings. The van der Waals surface area contributed by atoms with Crippen molar-refractivity contribution in [1.29, 1.82) is 0 Å². The summed E-state index contributed by atoms with van der Waals surface area (Å²) in [5.74, 6) is -0.976. The molecule has 0 spiro atoms. The first-order chi connectivity index (χ1) is 5.91. The summed E-state index contributed by atoms with van der Waals surface area (Å²) >= 11 is 2.94. The molecule has 0 amide bonds. The molecule has 0 saturated heterocycles. The first-order valence-electron chi connectivity index (χ1n) is 3.94. The molecule has 0 aliphatic heterocycles. The fraction of sp³-hybridized carbons (Fsp3) is 0.167. The van der Waals surface area contributed by atoms with Crippen molar-refractivity contribution >= 4 is 21.7 Å². The molecule has 4 heteroatoms. The summed E-state index contributed by atoms with van der Waals surface area (Å²) in [5, 5.41) is 0. The molecule has 0 aliphatic carbocycles. The molecular formula is C6H5BrN2O. The minimum atomic E-state index is -2.65. The van der Waals surface area contributed by atoms with E-state index in [2.05, 4.69) is 25.9 Å². The summed E-state index contributed by atoms with van der Waals surface area (Å²) in [5.41, 5.74) is -0.109. The average molecular weight is 204 g/mol. The van der Waals surface area contributed by atoms with E-state index < -0.39 is 12.6 Å². The van der Waals surface area contributed by atoms with Crippen molar-refractivity contribution in [2.75, 3.05) is 0 Å². The molecule has 52 valence electrons. The van der Waals surface area contributed by atoms with Crippen LogP contribution in [-0.4, -0.2) is 15.8 Å². The predicted molar refractivity (Wildman–Crippen MR) is 39.7 cm³/mol. The topological polar surface area (TPSA) is 42.9 Å². The molecule has 0 N–H and O–H groups in total. The Hall–Kier alpha value is -0.770. The molecule has 1 rings (SSSR count). The molecule has 0 saturated carbocycles. The Bertz CT molecular complexity index is 339. The van der Waals surface area contributed by atoms with Crippen molar-refractivity contribution in [2.45, 2.75) is 6.85 Å². The van der Waals surface area contributed by atoms with Gasteiger partial charge in [0.25, 0.3) is 0 Å². The van der Waals surface area contributed by atoms with Gasteiger partial charge in [0.15, 0.2) is 10.5 Å². The van der Waals surface area contributed by atoms with E-state index in [1.807, 2.05) is 0 Å². The van der Waals surface area contributed by atoms with Crippen molar-refractivity contribution in [2.24, 2.45) is 0 Å². The normalized spacial score (nSPS) is 15.1. The van der Waals surface area contributed by atoms with Crippen molar-refractivity contribution in [3.63, 3.8) is 0 Å². The first kappa shape index (κ1) is 4.18. The molecule has 10 heavy (non-hydrogen) atoms. The van der Waals surface area contributed by atoms with Gasteiger partial charge in [-0.15, -0.1) is 0 Å². The van der Waals surface area contributed by atoms with E-state index in [9.17, 15) is 4.79 Å². The van der Waals surface area contributed by atoms with Crippen LogP contribution >= 0.6 is 15.9 Å². The maximum atomic E-state index is 11.1. The Morgan fingerprint density at radius 1 is 1.90 bits per heavy atom. The fourth-order valence-electron chi connectivity index (χ4n) is 0.461. The Morgan fingerprint density at radius 3 is 3.30 bits per heavy atom. The lowest BCUT2D eigenvalue weighted by atomic mass is 10.3. The van der Waals surface area contributed by atoms with Gasteiger partial charge >= 0.3 is 0 Å². The van der Waals surface area contributed by atoms with Crippen molar-refractivity contribution in [3.05, 3.63) is 22.7 Å². The van der Waals surface area contributed by atoms with Crippen LogP contribution in [0.5, 0.6) is 0 Å². The Balaban J connectivity index is 3.03. The number of carbonyl (C=O) groups is 1. The largest absolute Gasteiger partial charge is 0.293 e. The second-order valence-corrected chi connectivity index (χ2v) is 2.25. The maximum Gasteiger partial charge on any atom is 0.197 e. The van der Waals surface area contributed by atoms with Crippen LogP contribution in [0.1, 0.15) is 21.5 Å². The van der Waals surface area contributed by atoms with Gasteiger partial charge in [-0.3, -0.25) is 4.79 Å². The van der Waals surface area contributed by atoms with Crippen molar-refractivity contribution < 1.29 is 8.91 Å².